The van der Waals surface area contributed by atoms with E-state index in [1.807, 2.05) is 13.8 Å². The number of rotatable bonds is 6. The van der Waals surface area contributed by atoms with Crippen molar-refractivity contribution in [3.05, 3.63) is 35.5 Å². The molecule has 0 spiro atoms. The molecular formula is C16H22FN3O. The molecule has 0 amide bonds. The van der Waals surface area contributed by atoms with Crippen LogP contribution in [0.25, 0.3) is 11.8 Å². The Balaban J connectivity index is 3.32. The lowest BCUT2D eigenvalue weighted by Gasteiger charge is -2.13. The summed E-state index contributed by atoms with van der Waals surface area (Å²) < 4.78 is 17.9. The fourth-order valence-corrected chi connectivity index (χ4v) is 1.97. The summed E-state index contributed by atoms with van der Waals surface area (Å²) in [5.41, 5.74) is 10.00. The van der Waals surface area contributed by atoms with Gasteiger partial charge in [0.1, 0.15) is 0 Å². The summed E-state index contributed by atoms with van der Waals surface area (Å²) in [4.78, 5) is 8.29. The smallest absolute Gasteiger partial charge is 0.237 e. The highest BCUT2D eigenvalue weighted by Crippen LogP contribution is 2.24. The van der Waals surface area contributed by atoms with E-state index >= 15 is 0 Å². The van der Waals surface area contributed by atoms with E-state index in [1.54, 1.807) is 25.4 Å². The van der Waals surface area contributed by atoms with Gasteiger partial charge in [-0.15, -0.1) is 0 Å². The van der Waals surface area contributed by atoms with Crippen LogP contribution in [0.15, 0.2) is 29.4 Å². The molecule has 0 aliphatic heterocycles. The highest BCUT2D eigenvalue weighted by Gasteiger charge is 2.12. The number of nitrogens with two attached hydrogens (primary N) is 1. The van der Waals surface area contributed by atoms with Gasteiger partial charge < -0.3 is 10.5 Å². The first kappa shape index (κ1) is 16.9. The molecule has 2 N–H and O–H groups in total. The molecule has 0 aliphatic carbocycles. The maximum Gasteiger partial charge on any atom is 0.237 e. The Labute approximate surface area is 125 Å². The predicted molar refractivity (Wildman–Crippen MR) is 86.0 cm³/mol. The third kappa shape index (κ3) is 4.15. The molecule has 114 valence electrons. The van der Waals surface area contributed by atoms with E-state index in [0.717, 1.165) is 23.3 Å². The molecule has 21 heavy (non-hydrogen) atoms. The summed E-state index contributed by atoms with van der Waals surface area (Å²) >= 11 is 0. The number of nitrogens with zero attached hydrogens (tertiary/aromatic N) is 2. The summed E-state index contributed by atoms with van der Waals surface area (Å²) in [6.45, 7) is 8.92. The van der Waals surface area contributed by atoms with Crippen molar-refractivity contribution in [1.82, 2.24) is 4.98 Å². The van der Waals surface area contributed by atoms with Crippen molar-refractivity contribution in [3.63, 3.8) is 0 Å². The molecular weight excluding hydrogens is 269 g/mol. The number of alkyl halides is 1. The van der Waals surface area contributed by atoms with Crippen LogP contribution in [0.5, 0.6) is 5.88 Å². The molecule has 1 rings (SSSR count). The third-order valence-electron chi connectivity index (χ3n) is 3.13. The molecule has 0 radical (unpaired) electrons. The molecule has 1 heterocycles. The van der Waals surface area contributed by atoms with E-state index < -0.39 is 6.36 Å². The molecule has 0 aromatic carbocycles. The molecule has 1 unspecified atom stereocenters. The van der Waals surface area contributed by atoms with E-state index in [4.69, 9.17) is 10.5 Å². The standard InChI is InChI=1S/C16H22FN3O/c1-6-12-8-13(9-20-16(12)21-11(4)17)15(18)14(7-2)10(3)19-5/h6,8-9,11H,1,7,18H2,2-5H3. The third-order valence-corrected chi connectivity index (χ3v) is 3.13. The minimum atomic E-state index is -1.43. The second kappa shape index (κ2) is 7.57. The number of aliphatic imine (C=N–C) groups is 1. The van der Waals surface area contributed by atoms with Crippen LogP contribution in [-0.4, -0.2) is 24.1 Å². The molecule has 0 fully saturated rings. The number of allylic oxidation sites excluding steroid dienone is 1. The zero-order valence-electron chi connectivity index (χ0n) is 13.0. The largest absolute Gasteiger partial charge is 0.443 e. The lowest BCUT2D eigenvalue weighted by atomic mass is 10.0. The minimum Gasteiger partial charge on any atom is -0.443 e. The molecule has 1 atom stereocenters. The molecule has 1 aromatic heterocycles. The number of ether oxygens (including phenoxy) is 1. The van der Waals surface area contributed by atoms with Crippen LogP contribution in [0, 0.1) is 0 Å². The second-order valence-corrected chi connectivity index (χ2v) is 4.54. The van der Waals surface area contributed by atoms with E-state index in [1.165, 1.54) is 6.92 Å². The maximum atomic E-state index is 13.0. The Morgan fingerprint density at radius 2 is 2.29 bits per heavy atom. The van der Waals surface area contributed by atoms with E-state index in [9.17, 15) is 4.39 Å². The number of pyridine rings is 1. The summed E-state index contributed by atoms with van der Waals surface area (Å²) in [5.74, 6) is 0.204. The summed E-state index contributed by atoms with van der Waals surface area (Å²) in [7, 11) is 1.73. The average molecular weight is 291 g/mol. The fourth-order valence-electron chi connectivity index (χ4n) is 1.97. The zero-order valence-corrected chi connectivity index (χ0v) is 13.0. The van der Waals surface area contributed by atoms with Crippen LogP contribution < -0.4 is 10.5 Å². The van der Waals surface area contributed by atoms with Crippen LogP contribution in [0.2, 0.25) is 0 Å². The van der Waals surface area contributed by atoms with Crippen molar-refractivity contribution in [2.75, 3.05) is 7.05 Å². The predicted octanol–water partition coefficient (Wildman–Crippen LogP) is 3.59. The van der Waals surface area contributed by atoms with Gasteiger partial charge in [-0.3, -0.25) is 4.99 Å². The lowest BCUT2D eigenvalue weighted by Crippen LogP contribution is -2.10. The van der Waals surface area contributed by atoms with Crippen LogP contribution >= 0.6 is 0 Å². The van der Waals surface area contributed by atoms with Crippen LogP contribution in [0.1, 0.15) is 38.3 Å². The average Bonchev–Trinajstić information content (AvgIpc) is 2.47. The van der Waals surface area contributed by atoms with Crippen LogP contribution in [0.4, 0.5) is 4.39 Å². The second-order valence-electron chi connectivity index (χ2n) is 4.54. The van der Waals surface area contributed by atoms with Crippen molar-refractivity contribution in [2.45, 2.75) is 33.5 Å². The molecule has 1 aromatic rings. The monoisotopic (exact) mass is 291 g/mol. The van der Waals surface area contributed by atoms with Gasteiger partial charge >= 0.3 is 0 Å². The first-order valence-corrected chi connectivity index (χ1v) is 6.80. The van der Waals surface area contributed by atoms with E-state index in [0.29, 0.717) is 11.3 Å². The number of halogens is 1. The highest BCUT2D eigenvalue weighted by molar-refractivity contribution is 6.04. The SMILES string of the molecule is C=Cc1cc(C(N)=C(CC)C(C)=NC)cnc1OC(C)F. The molecule has 0 saturated heterocycles. The van der Waals surface area contributed by atoms with Gasteiger partial charge in [-0.2, -0.15) is 0 Å². The van der Waals surface area contributed by atoms with Gasteiger partial charge in [0.25, 0.3) is 0 Å². The Kier molecular flexibility index (Phi) is 6.09. The first-order valence-electron chi connectivity index (χ1n) is 6.80. The molecule has 0 aliphatic rings. The topological polar surface area (TPSA) is 60.5 Å². The van der Waals surface area contributed by atoms with E-state index in [2.05, 4.69) is 16.6 Å². The van der Waals surface area contributed by atoms with Gasteiger partial charge in [0.05, 0.1) is 0 Å². The van der Waals surface area contributed by atoms with Gasteiger partial charge in [0.15, 0.2) is 0 Å². The van der Waals surface area contributed by atoms with Gasteiger partial charge in [-0.1, -0.05) is 19.6 Å². The Hall–Kier alpha value is -2.17. The van der Waals surface area contributed by atoms with Crippen molar-refractivity contribution in [3.8, 4) is 5.88 Å². The van der Waals surface area contributed by atoms with Crippen molar-refractivity contribution in [2.24, 2.45) is 10.7 Å². The summed E-state index contributed by atoms with van der Waals surface area (Å²) in [5, 5.41) is 0. The summed E-state index contributed by atoms with van der Waals surface area (Å²) in [6, 6.07) is 1.78. The van der Waals surface area contributed by atoms with Crippen molar-refractivity contribution < 1.29 is 9.13 Å². The Morgan fingerprint density at radius 1 is 1.62 bits per heavy atom. The molecule has 5 heteroatoms. The quantitative estimate of drug-likeness (QED) is 0.815. The van der Waals surface area contributed by atoms with Gasteiger partial charge in [-0.25, -0.2) is 9.37 Å². The maximum absolute atomic E-state index is 13.0. The lowest BCUT2D eigenvalue weighted by molar-refractivity contribution is 0.0807. The Morgan fingerprint density at radius 3 is 2.76 bits per heavy atom. The zero-order chi connectivity index (χ0) is 16.0. The molecule has 0 saturated carbocycles. The fraction of sp³-hybridized carbons (Fsp3) is 0.375. The van der Waals surface area contributed by atoms with Gasteiger partial charge in [0, 0.05) is 42.7 Å². The normalized spacial score (nSPS) is 14.4. The van der Waals surface area contributed by atoms with Gasteiger partial charge in [0.2, 0.25) is 12.2 Å². The summed E-state index contributed by atoms with van der Waals surface area (Å²) in [6.07, 6.45) is 2.46. The molecule has 0 bridgehead atoms. The Bertz CT molecular complexity index is 577. The minimum absolute atomic E-state index is 0.204. The number of hydrogen-bond donors (Lipinski definition) is 1. The number of aromatic nitrogens is 1. The first-order chi connectivity index (χ1) is 9.94. The number of hydrogen-bond acceptors (Lipinski definition) is 4. The van der Waals surface area contributed by atoms with Crippen LogP contribution in [-0.2, 0) is 0 Å². The van der Waals surface area contributed by atoms with Crippen molar-refractivity contribution >= 4 is 17.5 Å². The van der Waals surface area contributed by atoms with Crippen molar-refractivity contribution in [1.29, 1.82) is 0 Å². The van der Waals surface area contributed by atoms with Crippen LogP contribution in [0.3, 0.4) is 0 Å². The highest BCUT2D eigenvalue weighted by atomic mass is 19.1. The van der Waals surface area contributed by atoms with Gasteiger partial charge in [-0.05, 0) is 25.0 Å². The van der Waals surface area contributed by atoms with E-state index in [-0.39, 0.29) is 5.88 Å². The molecule has 4 nitrogen and oxygen atoms in total.